The topological polar surface area (TPSA) is 21.3 Å². The van der Waals surface area contributed by atoms with E-state index in [0.29, 0.717) is 0 Å². The summed E-state index contributed by atoms with van der Waals surface area (Å²) >= 11 is 10.8. The monoisotopic (exact) mass is 283 g/mol. The van der Waals surface area contributed by atoms with Gasteiger partial charge in [0.25, 0.3) is 0 Å². The van der Waals surface area contributed by atoms with Crippen LogP contribution < -0.4 is 5.32 Å². The van der Waals surface area contributed by atoms with E-state index in [0.717, 1.165) is 28.5 Å². The number of hydrogen-bond donors (Lipinski definition) is 1. The van der Waals surface area contributed by atoms with Crippen molar-refractivity contribution in [3.63, 3.8) is 0 Å². The fraction of sp³-hybridized carbons (Fsp3) is 0.500. The molecule has 0 fully saturated rings. The molecule has 0 saturated heterocycles. The highest BCUT2D eigenvalue weighted by molar-refractivity contribution is 9.10. The number of ether oxygens (including phenoxy) is 1. The van der Waals surface area contributed by atoms with Crippen molar-refractivity contribution >= 4 is 38.9 Å². The maximum Gasteiger partial charge on any atom is 0.107 e. The van der Waals surface area contributed by atoms with Crippen LogP contribution in [0.15, 0.2) is 10.5 Å². The van der Waals surface area contributed by atoms with Crippen LogP contribution in [0.4, 0.5) is 0 Å². The average Bonchev–Trinajstić information content (AvgIpc) is 2.41. The van der Waals surface area contributed by atoms with E-state index in [1.165, 1.54) is 4.88 Å². The Morgan fingerprint density at radius 1 is 1.69 bits per heavy atom. The summed E-state index contributed by atoms with van der Waals surface area (Å²) in [5, 5.41) is 3.25. The molecule has 0 spiro atoms. The minimum Gasteiger partial charge on any atom is -0.383 e. The van der Waals surface area contributed by atoms with Crippen LogP contribution in [0.5, 0.6) is 0 Å². The van der Waals surface area contributed by atoms with Crippen LogP contribution in [-0.2, 0) is 11.3 Å². The summed E-state index contributed by atoms with van der Waals surface area (Å²) in [5.74, 6) is 0. The van der Waals surface area contributed by atoms with Crippen LogP contribution >= 0.6 is 38.9 Å². The van der Waals surface area contributed by atoms with Gasteiger partial charge in [0.05, 0.1) is 6.61 Å². The summed E-state index contributed by atoms with van der Waals surface area (Å²) in [4.78, 5) is 1.23. The van der Waals surface area contributed by atoms with Crippen LogP contribution in [0, 0.1) is 0 Å². The lowest BCUT2D eigenvalue weighted by Crippen LogP contribution is -2.17. The standard InChI is InChI=1S/C8H11BrClNOS/c1-12-3-2-11-5-6-4-7(9)8(10)13-6/h4,11H,2-3,5H2,1H3. The molecule has 0 unspecified atom stereocenters. The van der Waals surface area contributed by atoms with Gasteiger partial charge in [-0.1, -0.05) is 11.6 Å². The van der Waals surface area contributed by atoms with Crippen LogP contribution in [0.2, 0.25) is 4.34 Å². The summed E-state index contributed by atoms with van der Waals surface area (Å²) in [5.41, 5.74) is 0. The molecule has 0 aromatic carbocycles. The second kappa shape index (κ2) is 5.98. The molecule has 0 aliphatic carbocycles. The molecule has 5 heteroatoms. The zero-order chi connectivity index (χ0) is 9.68. The summed E-state index contributed by atoms with van der Waals surface area (Å²) < 4.78 is 6.70. The molecule has 13 heavy (non-hydrogen) atoms. The Labute approximate surface area is 95.4 Å². The molecule has 2 nitrogen and oxygen atoms in total. The molecule has 1 heterocycles. The van der Waals surface area contributed by atoms with Gasteiger partial charge >= 0.3 is 0 Å². The van der Waals surface area contributed by atoms with Crippen LogP contribution in [0.25, 0.3) is 0 Å². The molecule has 1 rings (SSSR count). The molecular weight excluding hydrogens is 274 g/mol. The molecule has 1 N–H and O–H groups in total. The third-order valence-corrected chi connectivity index (χ3v) is 3.95. The summed E-state index contributed by atoms with van der Waals surface area (Å²) in [7, 11) is 1.69. The number of rotatable bonds is 5. The fourth-order valence-electron chi connectivity index (χ4n) is 0.864. The van der Waals surface area contributed by atoms with Gasteiger partial charge in [-0.05, 0) is 22.0 Å². The fourth-order valence-corrected chi connectivity index (χ4v) is 2.62. The Bertz CT molecular complexity index is 247. The van der Waals surface area contributed by atoms with Gasteiger partial charge in [0.2, 0.25) is 0 Å². The third kappa shape index (κ3) is 3.95. The lowest BCUT2D eigenvalue weighted by Gasteiger charge is -2.00. The Kier molecular flexibility index (Phi) is 5.28. The van der Waals surface area contributed by atoms with Crippen molar-refractivity contribution in [2.24, 2.45) is 0 Å². The van der Waals surface area contributed by atoms with Gasteiger partial charge in [-0.3, -0.25) is 0 Å². The molecular formula is C8H11BrClNOS. The maximum absolute atomic E-state index is 5.89. The summed E-state index contributed by atoms with van der Waals surface area (Å²) in [6.45, 7) is 2.45. The van der Waals surface area contributed by atoms with E-state index in [4.69, 9.17) is 16.3 Å². The van der Waals surface area contributed by atoms with Crippen LogP contribution in [0.1, 0.15) is 4.88 Å². The Hall–Kier alpha value is 0.390. The van der Waals surface area contributed by atoms with E-state index < -0.39 is 0 Å². The first-order chi connectivity index (χ1) is 6.24. The molecule has 74 valence electrons. The average molecular weight is 285 g/mol. The minimum absolute atomic E-state index is 0.736. The van der Waals surface area contributed by atoms with Crippen LogP contribution in [-0.4, -0.2) is 20.3 Å². The molecule has 1 aromatic heterocycles. The largest absolute Gasteiger partial charge is 0.383 e. The zero-order valence-corrected chi connectivity index (χ0v) is 10.4. The third-order valence-electron chi connectivity index (χ3n) is 1.48. The molecule has 0 atom stereocenters. The first-order valence-electron chi connectivity index (χ1n) is 3.87. The van der Waals surface area contributed by atoms with Gasteiger partial charge in [0.15, 0.2) is 0 Å². The molecule has 0 bridgehead atoms. The zero-order valence-electron chi connectivity index (χ0n) is 7.27. The van der Waals surface area contributed by atoms with Crippen molar-refractivity contribution in [2.75, 3.05) is 20.3 Å². The molecule has 0 aliphatic rings. The van der Waals surface area contributed by atoms with Crippen molar-refractivity contribution in [1.82, 2.24) is 5.32 Å². The predicted molar refractivity (Wildman–Crippen MR) is 60.6 cm³/mol. The maximum atomic E-state index is 5.89. The summed E-state index contributed by atoms with van der Waals surface area (Å²) in [6.07, 6.45) is 0. The van der Waals surface area contributed by atoms with E-state index in [-0.39, 0.29) is 0 Å². The number of nitrogens with one attached hydrogen (secondary N) is 1. The highest BCUT2D eigenvalue weighted by atomic mass is 79.9. The van der Waals surface area contributed by atoms with Gasteiger partial charge in [0, 0.05) is 29.5 Å². The highest BCUT2D eigenvalue weighted by Crippen LogP contribution is 2.31. The number of methoxy groups -OCH3 is 1. The first-order valence-corrected chi connectivity index (χ1v) is 5.86. The van der Waals surface area contributed by atoms with E-state index in [1.54, 1.807) is 18.4 Å². The van der Waals surface area contributed by atoms with Gasteiger partial charge < -0.3 is 10.1 Å². The van der Waals surface area contributed by atoms with Crippen LogP contribution in [0.3, 0.4) is 0 Å². The lowest BCUT2D eigenvalue weighted by molar-refractivity contribution is 0.199. The Morgan fingerprint density at radius 2 is 2.46 bits per heavy atom. The quantitative estimate of drug-likeness (QED) is 0.840. The molecule has 0 aliphatic heterocycles. The molecule has 0 radical (unpaired) electrons. The lowest BCUT2D eigenvalue weighted by atomic mass is 10.4. The second-order valence-corrected chi connectivity index (χ2v) is 5.10. The number of hydrogen-bond acceptors (Lipinski definition) is 3. The van der Waals surface area contributed by atoms with Gasteiger partial charge in [-0.25, -0.2) is 0 Å². The molecule has 0 saturated carbocycles. The van der Waals surface area contributed by atoms with E-state index in [9.17, 15) is 0 Å². The van der Waals surface area contributed by atoms with Gasteiger partial charge in [0.1, 0.15) is 4.34 Å². The van der Waals surface area contributed by atoms with Gasteiger partial charge in [-0.15, -0.1) is 11.3 Å². The Morgan fingerprint density at radius 3 is 3.00 bits per heavy atom. The first kappa shape index (κ1) is 11.5. The Balaban J connectivity index is 2.29. The van der Waals surface area contributed by atoms with Crippen molar-refractivity contribution in [1.29, 1.82) is 0 Å². The normalized spacial score (nSPS) is 10.7. The van der Waals surface area contributed by atoms with Crippen molar-refractivity contribution in [3.05, 3.63) is 19.8 Å². The van der Waals surface area contributed by atoms with E-state index in [2.05, 4.69) is 21.2 Å². The van der Waals surface area contributed by atoms with Crippen molar-refractivity contribution in [2.45, 2.75) is 6.54 Å². The van der Waals surface area contributed by atoms with Crippen molar-refractivity contribution < 1.29 is 4.74 Å². The molecule has 0 amide bonds. The molecule has 1 aromatic rings. The second-order valence-electron chi connectivity index (χ2n) is 2.50. The number of thiophene rings is 1. The summed E-state index contributed by atoms with van der Waals surface area (Å²) in [6, 6.07) is 2.03. The highest BCUT2D eigenvalue weighted by Gasteiger charge is 2.03. The minimum atomic E-state index is 0.736. The number of halogens is 2. The van der Waals surface area contributed by atoms with E-state index in [1.807, 2.05) is 6.07 Å². The SMILES string of the molecule is COCCNCc1cc(Br)c(Cl)s1. The van der Waals surface area contributed by atoms with E-state index >= 15 is 0 Å². The smallest absolute Gasteiger partial charge is 0.107 e. The van der Waals surface area contributed by atoms with Gasteiger partial charge in [-0.2, -0.15) is 0 Å². The van der Waals surface area contributed by atoms with Crippen molar-refractivity contribution in [3.8, 4) is 0 Å². The predicted octanol–water partition coefficient (Wildman–Crippen LogP) is 2.90.